The van der Waals surface area contributed by atoms with Gasteiger partial charge < -0.3 is 18.8 Å². The van der Waals surface area contributed by atoms with Gasteiger partial charge in [0.2, 0.25) is 0 Å². The van der Waals surface area contributed by atoms with Gasteiger partial charge in [0.05, 0.1) is 47.6 Å². The molecule has 2 aromatic heterocycles. The minimum absolute atomic E-state index is 0.121. The zero-order chi connectivity index (χ0) is 30.5. The van der Waals surface area contributed by atoms with Crippen molar-refractivity contribution in [2.45, 2.75) is 19.6 Å². The molecule has 0 amide bonds. The Morgan fingerprint density at radius 2 is 1.77 bits per heavy atom. The lowest BCUT2D eigenvalue weighted by atomic mass is 10.0. The molecule has 0 spiro atoms. The van der Waals surface area contributed by atoms with E-state index in [9.17, 15) is 9.18 Å². The molecule has 0 atom stereocenters. The van der Waals surface area contributed by atoms with Crippen LogP contribution >= 0.6 is 0 Å². The van der Waals surface area contributed by atoms with E-state index >= 15 is 8.78 Å². The van der Waals surface area contributed by atoms with Gasteiger partial charge in [-0.15, -0.1) is 0 Å². The number of ether oxygens (including phenoxy) is 3. The first kappa shape index (κ1) is 29.2. The highest BCUT2D eigenvalue weighted by Crippen LogP contribution is 2.27. The van der Waals surface area contributed by atoms with Crippen LogP contribution in [0.25, 0.3) is 22.3 Å². The topological polar surface area (TPSA) is 112 Å². The zero-order valence-corrected chi connectivity index (χ0v) is 23.1. The van der Waals surface area contributed by atoms with Crippen LogP contribution in [0.4, 0.5) is 13.2 Å². The summed E-state index contributed by atoms with van der Waals surface area (Å²) in [4.78, 5) is 24.8. The van der Waals surface area contributed by atoms with E-state index in [0.29, 0.717) is 35.6 Å². The Balaban J connectivity index is 1.40. The molecular formula is C31H24F3N5O4. The molecule has 0 N–H and O–H groups in total. The van der Waals surface area contributed by atoms with Crippen LogP contribution in [0.1, 0.15) is 32.9 Å². The van der Waals surface area contributed by atoms with Gasteiger partial charge >= 0.3 is 12.0 Å². The molecule has 0 radical (unpaired) electrons. The van der Waals surface area contributed by atoms with E-state index in [2.05, 4.69) is 15.0 Å². The Bertz CT molecular complexity index is 1850. The Kier molecular flexibility index (Phi) is 8.64. The number of nitrogens with zero attached hydrogens (tertiary/aromatic N) is 5. The summed E-state index contributed by atoms with van der Waals surface area (Å²) in [5, 5.41) is 8.89. The molecule has 0 aliphatic rings. The highest BCUT2D eigenvalue weighted by Gasteiger charge is 2.20. The first-order valence-electron chi connectivity index (χ1n) is 13.0. The molecule has 3 aromatic carbocycles. The fraction of sp³-hybridized carbons (Fsp3) is 0.194. The smallest absolute Gasteiger partial charge is 0.337 e. The number of aromatic nitrogens is 4. The van der Waals surface area contributed by atoms with E-state index in [-0.39, 0.29) is 47.0 Å². The van der Waals surface area contributed by atoms with Crippen LogP contribution in [0, 0.1) is 28.8 Å². The summed E-state index contributed by atoms with van der Waals surface area (Å²) >= 11 is 0. The molecule has 0 unspecified atom stereocenters. The molecule has 0 aliphatic carbocycles. The first-order valence-corrected chi connectivity index (χ1v) is 13.0. The zero-order valence-electron chi connectivity index (χ0n) is 23.1. The third kappa shape index (κ3) is 6.32. The Hall–Kier alpha value is -5.28. The fourth-order valence-electron chi connectivity index (χ4n) is 4.51. The molecule has 43 heavy (non-hydrogen) atoms. The van der Waals surface area contributed by atoms with Crippen molar-refractivity contribution in [1.82, 2.24) is 19.5 Å². The standard InChI is InChI=1S/C31H24F3N5O4/c1-41-10-9-39-28-14-19(30(40)42-2)5-6-27(28)37-29(39)15-22-24(33)12-21(13-25(22)34)26-7-8-36-31(38-26)43-17-20-4-3-18(16-35)11-23(20)32/h3-8,11-14H,9-10,15,17H2,1-2H3. The second-order valence-corrected chi connectivity index (χ2v) is 9.39. The van der Waals surface area contributed by atoms with Crippen molar-refractivity contribution in [3.63, 3.8) is 0 Å². The van der Waals surface area contributed by atoms with Gasteiger partial charge in [0, 0.05) is 43.0 Å². The summed E-state index contributed by atoms with van der Waals surface area (Å²) in [5.41, 5.74) is 1.96. The minimum atomic E-state index is -0.809. The van der Waals surface area contributed by atoms with E-state index in [0.717, 1.165) is 18.2 Å². The number of nitriles is 1. The number of hydrogen-bond acceptors (Lipinski definition) is 8. The normalized spacial score (nSPS) is 11.0. The molecule has 2 heterocycles. The summed E-state index contributed by atoms with van der Waals surface area (Å²) in [7, 11) is 2.81. The molecule has 0 fully saturated rings. The van der Waals surface area contributed by atoms with Crippen molar-refractivity contribution >= 4 is 17.0 Å². The first-order chi connectivity index (χ1) is 20.8. The number of halogens is 3. The van der Waals surface area contributed by atoms with Crippen LogP contribution in [0.15, 0.2) is 60.8 Å². The van der Waals surface area contributed by atoms with Gasteiger partial charge in [-0.05, 0) is 48.5 Å². The Labute approximate surface area is 244 Å². The molecule has 5 aromatic rings. The van der Waals surface area contributed by atoms with Crippen LogP contribution < -0.4 is 4.74 Å². The van der Waals surface area contributed by atoms with Crippen LogP contribution in [0.2, 0.25) is 0 Å². The molecule has 9 nitrogen and oxygen atoms in total. The number of benzene rings is 3. The number of esters is 1. The SMILES string of the molecule is COCCn1c(Cc2c(F)cc(-c3ccnc(OCc4ccc(C#N)cc4F)n3)cc2F)nc2ccc(C(=O)OC)cc21. The number of fused-ring (bicyclic) bond motifs is 1. The number of methoxy groups -OCH3 is 2. The lowest BCUT2D eigenvalue weighted by Gasteiger charge is -2.12. The third-order valence-electron chi connectivity index (χ3n) is 6.71. The van der Waals surface area contributed by atoms with Crippen molar-refractivity contribution in [1.29, 1.82) is 5.26 Å². The molecule has 0 aliphatic heterocycles. The molecule has 12 heteroatoms. The summed E-state index contributed by atoms with van der Waals surface area (Å²) in [6, 6.07) is 14.3. The maximum Gasteiger partial charge on any atom is 0.337 e. The summed E-state index contributed by atoms with van der Waals surface area (Å²) in [5.74, 6) is -2.37. The largest absolute Gasteiger partial charge is 0.465 e. The van der Waals surface area contributed by atoms with Crippen LogP contribution in [-0.4, -0.2) is 46.3 Å². The lowest BCUT2D eigenvalue weighted by molar-refractivity contribution is 0.0601. The molecular weight excluding hydrogens is 563 g/mol. The van der Waals surface area contributed by atoms with Crippen LogP contribution in [-0.2, 0) is 29.0 Å². The predicted molar refractivity (Wildman–Crippen MR) is 149 cm³/mol. The van der Waals surface area contributed by atoms with Crippen molar-refractivity contribution in [2.75, 3.05) is 20.8 Å². The van der Waals surface area contributed by atoms with Crippen LogP contribution in [0.3, 0.4) is 0 Å². The Morgan fingerprint density at radius 1 is 0.977 bits per heavy atom. The maximum atomic E-state index is 15.4. The van der Waals surface area contributed by atoms with Gasteiger partial charge in [0.1, 0.15) is 29.9 Å². The molecule has 0 saturated carbocycles. The maximum absolute atomic E-state index is 15.4. The van der Waals surface area contributed by atoms with E-state index in [4.69, 9.17) is 19.5 Å². The monoisotopic (exact) mass is 587 g/mol. The van der Waals surface area contributed by atoms with Gasteiger partial charge in [0.15, 0.2) is 0 Å². The van der Waals surface area contributed by atoms with Crippen LogP contribution in [0.5, 0.6) is 6.01 Å². The lowest BCUT2D eigenvalue weighted by Crippen LogP contribution is -2.11. The van der Waals surface area contributed by atoms with Crippen molar-refractivity contribution in [3.05, 3.63) is 106 Å². The number of carbonyl (C=O) groups is 1. The highest BCUT2D eigenvalue weighted by molar-refractivity contribution is 5.93. The van der Waals surface area contributed by atoms with E-state index in [1.807, 2.05) is 6.07 Å². The summed E-state index contributed by atoms with van der Waals surface area (Å²) in [6.45, 7) is 0.430. The van der Waals surface area contributed by atoms with Gasteiger partial charge in [-0.3, -0.25) is 0 Å². The van der Waals surface area contributed by atoms with Gasteiger partial charge in [0.25, 0.3) is 0 Å². The number of carbonyl (C=O) groups excluding carboxylic acids is 1. The van der Waals surface area contributed by atoms with Gasteiger partial charge in [-0.1, -0.05) is 6.07 Å². The second-order valence-electron chi connectivity index (χ2n) is 9.39. The second kappa shape index (κ2) is 12.7. The number of hydrogen-bond donors (Lipinski definition) is 0. The number of rotatable bonds is 10. The molecule has 218 valence electrons. The molecule has 0 bridgehead atoms. The average molecular weight is 588 g/mol. The van der Waals surface area contributed by atoms with Gasteiger partial charge in [-0.2, -0.15) is 10.2 Å². The van der Waals surface area contributed by atoms with E-state index < -0.39 is 23.4 Å². The average Bonchev–Trinajstić information content (AvgIpc) is 3.36. The predicted octanol–water partition coefficient (Wildman–Crippen LogP) is 5.39. The van der Waals surface area contributed by atoms with Crippen molar-refractivity contribution < 1.29 is 32.2 Å². The quantitative estimate of drug-likeness (QED) is 0.200. The van der Waals surface area contributed by atoms with Gasteiger partial charge in [-0.25, -0.2) is 27.9 Å². The summed E-state index contributed by atoms with van der Waals surface area (Å²) in [6.07, 6.45) is 1.19. The van der Waals surface area contributed by atoms with E-state index in [1.54, 1.807) is 22.8 Å². The fourth-order valence-corrected chi connectivity index (χ4v) is 4.51. The molecule has 5 rings (SSSR count). The van der Waals surface area contributed by atoms with Crippen molar-refractivity contribution in [2.24, 2.45) is 0 Å². The number of imidazole rings is 1. The molecule has 0 saturated heterocycles. The summed E-state index contributed by atoms with van der Waals surface area (Å²) < 4.78 is 62.3. The Morgan fingerprint density at radius 3 is 2.47 bits per heavy atom. The highest BCUT2D eigenvalue weighted by atomic mass is 19.1. The van der Waals surface area contributed by atoms with E-state index in [1.165, 1.54) is 38.6 Å². The minimum Gasteiger partial charge on any atom is -0.465 e. The van der Waals surface area contributed by atoms with Crippen molar-refractivity contribution in [3.8, 4) is 23.3 Å². The third-order valence-corrected chi connectivity index (χ3v) is 6.71.